The number of aromatic nitrogens is 1. The molecule has 0 radical (unpaired) electrons. The van der Waals surface area contributed by atoms with E-state index in [9.17, 15) is 32.3 Å². The van der Waals surface area contributed by atoms with Crippen molar-refractivity contribution in [3.05, 3.63) is 63.3 Å². The van der Waals surface area contributed by atoms with Crippen LogP contribution in [0, 0.1) is 5.82 Å². The number of amides is 2. The van der Waals surface area contributed by atoms with Gasteiger partial charge in [0.1, 0.15) is 17.5 Å². The van der Waals surface area contributed by atoms with Gasteiger partial charge in [-0.05, 0) is 30.5 Å². The van der Waals surface area contributed by atoms with Gasteiger partial charge in [0.25, 0.3) is 11.8 Å². The minimum atomic E-state index is -3.29. The van der Waals surface area contributed by atoms with Crippen molar-refractivity contribution < 1.29 is 27.5 Å². The fourth-order valence-electron chi connectivity index (χ4n) is 4.56. The number of sulfonamides is 1. The third-order valence-corrected chi connectivity index (χ3v) is 7.03. The minimum Gasteiger partial charge on any atom is -0.503 e. The minimum absolute atomic E-state index is 0.0473. The lowest BCUT2D eigenvalue weighted by Gasteiger charge is -2.47. The summed E-state index contributed by atoms with van der Waals surface area (Å²) in [6.45, 7) is 2.22. The van der Waals surface area contributed by atoms with Crippen LogP contribution in [0.2, 0.25) is 0 Å². The van der Waals surface area contributed by atoms with Crippen molar-refractivity contribution in [2.45, 2.75) is 32.1 Å². The summed E-state index contributed by atoms with van der Waals surface area (Å²) in [5.41, 5.74) is -0.780. The molecule has 4 rings (SSSR count). The van der Waals surface area contributed by atoms with Crippen LogP contribution in [0.25, 0.3) is 0 Å². The van der Waals surface area contributed by atoms with Crippen LogP contribution in [0.5, 0.6) is 5.75 Å². The number of rotatable bonds is 8. The standard InChI is InChI=1S/C23H28FN5O6S/c1-36(34,35)26-8-2-9-27-10-3-11-29-18(27)14-28-13-17(20(30)21(31)19(28)23(29)33)22(32)25-12-15-4-6-16(24)7-5-15/h4-7,13,18,26,31H,2-3,8-12,14H2,1H3,(H,25,32). The van der Waals surface area contributed by atoms with Crippen molar-refractivity contribution in [3.63, 3.8) is 0 Å². The molecule has 0 spiro atoms. The molecule has 11 nitrogen and oxygen atoms in total. The van der Waals surface area contributed by atoms with Gasteiger partial charge in [-0.3, -0.25) is 19.3 Å². The van der Waals surface area contributed by atoms with Crippen LogP contribution in [-0.2, 0) is 23.1 Å². The second-order valence-corrected chi connectivity index (χ2v) is 10.8. The van der Waals surface area contributed by atoms with E-state index in [1.165, 1.54) is 35.0 Å². The van der Waals surface area contributed by atoms with E-state index in [1.54, 1.807) is 4.90 Å². The molecule has 36 heavy (non-hydrogen) atoms. The first-order valence-corrected chi connectivity index (χ1v) is 13.4. The van der Waals surface area contributed by atoms with Crippen molar-refractivity contribution >= 4 is 21.8 Å². The van der Waals surface area contributed by atoms with Gasteiger partial charge in [0.15, 0.2) is 11.4 Å². The maximum absolute atomic E-state index is 13.2. The molecule has 1 saturated heterocycles. The number of benzene rings is 1. The SMILES string of the molecule is CS(=O)(=O)NCCCN1CCCN2C(=O)c3c(O)c(=O)c(C(=O)NCc4ccc(F)cc4)cn3CC12. The summed E-state index contributed by atoms with van der Waals surface area (Å²) in [6, 6.07) is 5.52. The zero-order valence-corrected chi connectivity index (χ0v) is 20.6. The van der Waals surface area contributed by atoms with E-state index in [2.05, 4.69) is 14.9 Å². The number of hydrogen-bond donors (Lipinski definition) is 3. The van der Waals surface area contributed by atoms with Crippen LogP contribution >= 0.6 is 0 Å². The number of hydrogen-bond acceptors (Lipinski definition) is 7. The zero-order chi connectivity index (χ0) is 26.0. The van der Waals surface area contributed by atoms with E-state index in [1.807, 2.05) is 0 Å². The number of nitrogens with zero attached hydrogens (tertiary/aromatic N) is 3. The van der Waals surface area contributed by atoms with Crippen molar-refractivity contribution in [2.24, 2.45) is 0 Å². The highest BCUT2D eigenvalue weighted by atomic mass is 32.2. The first kappa shape index (κ1) is 25.8. The Hall–Kier alpha value is -3.29. The Labute approximate surface area is 207 Å². The van der Waals surface area contributed by atoms with Gasteiger partial charge in [-0.15, -0.1) is 0 Å². The van der Waals surface area contributed by atoms with Gasteiger partial charge in [-0.2, -0.15) is 0 Å². The summed E-state index contributed by atoms with van der Waals surface area (Å²) in [5.74, 6) is -2.41. The Balaban J connectivity index is 1.53. The smallest absolute Gasteiger partial charge is 0.275 e. The third kappa shape index (κ3) is 5.58. The van der Waals surface area contributed by atoms with Gasteiger partial charge >= 0.3 is 0 Å². The van der Waals surface area contributed by atoms with Gasteiger partial charge in [0.2, 0.25) is 15.5 Å². The lowest BCUT2D eigenvalue weighted by molar-refractivity contribution is -0.0102. The summed E-state index contributed by atoms with van der Waals surface area (Å²) >= 11 is 0. The predicted molar refractivity (Wildman–Crippen MR) is 128 cm³/mol. The Kier molecular flexibility index (Phi) is 7.43. The third-order valence-electron chi connectivity index (χ3n) is 6.30. The molecule has 2 aromatic rings. The van der Waals surface area contributed by atoms with Gasteiger partial charge in [0.05, 0.1) is 12.8 Å². The molecule has 1 aromatic heterocycles. The Morgan fingerprint density at radius 2 is 1.92 bits per heavy atom. The number of carbonyl (C=O) groups is 2. The fraction of sp³-hybridized carbons (Fsp3) is 0.435. The number of halogens is 1. The molecule has 1 aromatic carbocycles. The van der Waals surface area contributed by atoms with Gasteiger partial charge in [0, 0.05) is 38.9 Å². The summed E-state index contributed by atoms with van der Waals surface area (Å²) < 4.78 is 39.6. The average Bonchev–Trinajstić information content (AvgIpc) is 2.83. The van der Waals surface area contributed by atoms with Crippen LogP contribution in [0.3, 0.4) is 0 Å². The second kappa shape index (κ2) is 10.4. The van der Waals surface area contributed by atoms with E-state index in [4.69, 9.17) is 0 Å². The molecule has 0 saturated carbocycles. The lowest BCUT2D eigenvalue weighted by Crippen LogP contribution is -2.61. The Bertz CT molecular complexity index is 1330. The molecule has 3 N–H and O–H groups in total. The fourth-order valence-corrected chi connectivity index (χ4v) is 5.08. The van der Waals surface area contributed by atoms with Crippen molar-refractivity contribution in [1.29, 1.82) is 0 Å². The van der Waals surface area contributed by atoms with Crippen molar-refractivity contribution in [2.75, 3.05) is 32.4 Å². The topological polar surface area (TPSA) is 141 Å². The van der Waals surface area contributed by atoms with E-state index in [0.717, 1.165) is 6.26 Å². The van der Waals surface area contributed by atoms with E-state index < -0.39 is 38.8 Å². The normalized spacial score (nSPS) is 18.0. The number of pyridine rings is 1. The molecule has 3 heterocycles. The summed E-state index contributed by atoms with van der Waals surface area (Å²) in [7, 11) is -3.29. The van der Waals surface area contributed by atoms with Crippen LogP contribution < -0.4 is 15.5 Å². The van der Waals surface area contributed by atoms with Crippen molar-refractivity contribution in [1.82, 2.24) is 24.4 Å². The number of fused-ring (bicyclic) bond motifs is 2. The molecule has 0 aliphatic carbocycles. The quantitative estimate of drug-likeness (QED) is 0.417. The first-order chi connectivity index (χ1) is 17.0. The summed E-state index contributed by atoms with van der Waals surface area (Å²) in [5, 5.41) is 13.2. The monoisotopic (exact) mass is 521 g/mol. The largest absolute Gasteiger partial charge is 0.503 e. The molecule has 1 fully saturated rings. The Morgan fingerprint density at radius 3 is 2.61 bits per heavy atom. The van der Waals surface area contributed by atoms with Gasteiger partial charge in [-0.25, -0.2) is 17.5 Å². The van der Waals surface area contributed by atoms with Gasteiger partial charge in [-0.1, -0.05) is 12.1 Å². The molecule has 13 heteroatoms. The molecule has 2 aliphatic heterocycles. The first-order valence-electron chi connectivity index (χ1n) is 11.5. The Morgan fingerprint density at radius 1 is 1.19 bits per heavy atom. The number of nitrogens with one attached hydrogen (secondary N) is 2. The maximum Gasteiger partial charge on any atom is 0.275 e. The number of aromatic hydroxyl groups is 1. The van der Waals surface area contributed by atoms with Crippen LogP contribution in [0.4, 0.5) is 4.39 Å². The molecular weight excluding hydrogens is 493 g/mol. The lowest BCUT2D eigenvalue weighted by atomic mass is 10.1. The number of carbonyl (C=O) groups excluding carboxylic acids is 2. The van der Waals surface area contributed by atoms with Crippen molar-refractivity contribution in [3.8, 4) is 5.75 Å². The van der Waals surface area contributed by atoms with E-state index in [-0.39, 0.29) is 37.1 Å². The van der Waals surface area contributed by atoms with Gasteiger partial charge < -0.3 is 19.9 Å². The average molecular weight is 522 g/mol. The molecule has 2 amide bonds. The highest BCUT2D eigenvalue weighted by Gasteiger charge is 2.40. The molecule has 1 atom stereocenters. The van der Waals surface area contributed by atoms with Crippen LogP contribution in [0.15, 0.2) is 35.3 Å². The molecule has 1 unspecified atom stereocenters. The van der Waals surface area contributed by atoms with Crippen LogP contribution in [0.1, 0.15) is 39.3 Å². The highest BCUT2D eigenvalue weighted by molar-refractivity contribution is 7.88. The second-order valence-electron chi connectivity index (χ2n) is 8.92. The van der Waals surface area contributed by atoms with E-state index >= 15 is 0 Å². The zero-order valence-electron chi connectivity index (χ0n) is 19.7. The molecule has 0 bridgehead atoms. The molecular formula is C23H28FN5O6S. The maximum atomic E-state index is 13.2. The summed E-state index contributed by atoms with van der Waals surface area (Å²) in [4.78, 5) is 42.4. The molecule has 194 valence electrons. The predicted octanol–water partition coefficient (Wildman–Crippen LogP) is 0.0499. The van der Waals surface area contributed by atoms with E-state index in [0.29, 0.717) is 38.0 Å². The molecule has 2 aliphatic rings. The van der Waals surface area contributed by atoms with Crippen LogP contribution in [-0.4, -0.2) is 78.3 Å². The summed E-state index contributed by atoms with van der Waals surface area (Å²) in [6.07, 6.45) is 3.23. The highest BCUT2D eigenvalue weighted by Crippen LogP contribution is 2.28.